The van der Waals surface area contributed by atoms with E-state index in [-0.39, 0.29) is 18.0 Å². The molecule has 1 aromatic carbocycles. The lowest BCUT2D eigenvalue weighted by atomic mass is 10.00. The summed E-state index contributed by atoms with van der Waals surface area (Å²) in [5, 5.41) is 3.11. The van der Waals surface area contributed by atoms with Crippen molar-refractivity contribution in [2.45, 2.75) is 31.2 Å². The fourth-order valence-corrected chi connectivity index (χ4v) is 2.68. The number of halogens is 3. The van der Waals surface area contributed by atoms with E-state index in [0.717, 1.165) is 19.4 Å². The molecule has 0 aliphatic carbocycles. The molecule has 0 aromatic heterocycles. The molecule has 1 fully saturated rings. The zero-order chi connectivity index (χ0) is 11.6. The van der Waals surface area contributed by atoms with E-state index in [1.165, 1.54) is 6.07 Å². The van der Waals surface area contributed by atoms with Gasteiger partial charge in [-0.2, -0.15) is 0 Å². The molecule has 0 radical (unpaired) electrons. The third-order valence-electron chi connectivity index (χ3n) is 2.93. The summed E-state index contributed by atoms with van der Waals surface area (Å²) < 4.78 is 28.5. The van der Waals surface area contributed by atoms with E-state index in [1.54, 1.807) is 18.2 Å². The topological polar surface area (TPSA) is 12.0 Å². The number of hydrogen-bond donors (Lipinski definition) is 1. The molecule has 16 heavy (non-hydrogen) atoms. The first-order valence-corrected chi connectivity index (χ1v) is 6.25. The van der Waals surface area contributed by atoms with Gasteiger partial charge in [-0.3, -0.25) is 0 Å². The number of rotatable bonds is 3. The molecule has 4 heteroatoms. The lowest BCUT2D eigenvalue weighted by molar-refractivity contribution is -0.0220. The van der Waals surface area contributed by atoms with Crippen molar-refractivity contribution in [1.82, 2.24) is 5.32 Å². The van der Waals surface area contributed by atoms with Gasteiger partial charge >= 0.3 is 0 Å². The summed E-state index contributed by atoms with van der Waals surface area (Å²) in [5.41, 5.74) is 0.0868. The highest BCUT2D eigenvalue weighted by atomic mass is 79.9. The Morgan fingerprint density at radius 1 is 1.38 bits per heavy atom. The van der Waals surface area contributed by atoms with Gasteiger partial charge in [-0.1, -0.05) is 34.1 Å². The fourth-order valence-electron chi connectivity index (χ4n) is 2.11. The molecular weight excluding hydrogens is 276 g/mol. The lowest BCUT2D eigenvalue weighted by Crippen LogP contribution is -2.29. The van der Waals surface area contributed by atoms with Gasteiger partial charge < -0.3 is 5.32 Å². The summed E-state index contributed by atoms with van der Waals surface area (Å²) in [6, 6.07) is 6.49. The van der Waals surface area contributed by atoms with E-state index >= 15 is 0 Å². The molecule has 0 spiro atoms. The van der Waals surface area contributed by atoms with Crippen molar-refractivity contribution in [3.8, 4) is 0 Å². The minimum Gasteiger partial charge on any atom is -0.314 e. The molecule has 0 bridgehead atoms. The van der Waals surface area contributed by atoms with Crippen LogP contribution in [0.25, 0.3) is 0 Å². The Labute approximate surface area is 102 Å². The summed E-state index contributed by atoms with van der Waals surface area (Å²) >= 11 is 3.18. The second-order valence-corrected chi connectivity index (χ2v) is 5.04. The second-order valence-electron chi connectivity index (χ2n) is 4.18. The Morgan fingerprint density at radius 3 is 2.75 bits per heavy atom. The van der Waals surface area contributed by atoms with Crippen LogP contribution >= 0.6 is 15.9 Å². The zero-order valence-electron chi connectivity index (χ0n) is 8.85. The molecule has 1 saturated heterocycles. The quantitative estimate of drug-likeness (QED) is 0.895. The Kier molecular flexibility index (Phi) is 3.60. The first-order chi connectivity index (χ1) is 7.59. The first kappa shape index (κ1) is 12.0. The number of alkyl halides is 2. The third-order valence-corrected chi connectivity index (χ3v) is 3.62. The van der Waals surface area contributed by atoms with Crippen LogP contribution in [0.5, 0.6) is 0 Å². The maximum atomic E-state index is 14.0. The van der Waals surface area contributed by atoms with Crippen molar-refractivity contribution in [3.63, 3.8) is 0 Å². The van der Waals surface area contributed by atoms with Crippen molar-refractivity contribution in [1.29, 1.82) is 0 Å². The molecular formula is C12H14BrF2N. The maximum absolute atomic E-state index is 14.0. The summed E-state index contributed by atoms with van der Waals surface area (Å²) in [6.07, 6.45) is 1.73. The molecule has 0 amide bonds. The Hall–Kier alpha value is -0.480. The predicted octanol–water partition coefficient (Wildman–Crippen LogP) is 3.68. The summed E-state index contributed by atoms with van der Waals surface area (Å²) in [6.45, 7) is 0.858. The molecule has 0 saturated carbocycles. The minimum atomic E-state index is -2.76. The molecule has 1 heterocycles. The van der Waals surface area contributed by atoms with Crippen molar-refractivity contribution in [2.75, 3.05) is 6.54 Å². The average molecular weight is 290 g/mol. The summed E-state index contributed by atoms with van der Waals surface area (Å²) in [5.74, 6) is -2.76. The Balaban J connectivity index is 2.14. The molecule has 88 valence electrons. The van der Waals surface area contributed by atoms with Crippen LogP contribution in [0, 0.1) is 0 Å². The molecule has 2 rings (SSSR count). The van der Waals surface area contributed by atoms with Crippen molar-refractivity contribution >= 4 is 15.9 Å². The molecule has 1 N–H and O–H groups in total. The van der Waals surface area contributed by atoms with Gasteiger partial charge in [0.1, 0.15) is 0 Å². The van der Waals surface area contributed by atoms with Crippen LogP contribution in [-0.4, -0.2) is 12.6 Å². The normalized spacial score (nSPS) is 21.3. The van der Waals surface area contributed by atoms with Crippen LogP contribution in [0.2, 0.25) is 0 Å². The van der Waals surface area contributed by atoms with Crippen LogP contribution < -0.4 is 5.32 Å². The van der Waals surface area contributed by atoms with E-state index < -0.39 is 5.92 Å². The SMILES string of the molecule is FC(F)(CC1CCCN1)c1ccccc1Br. The smallest absolute Gasteiger partial charge is 0.275 e. The second kappa shape index (κ2) is 4.80. The predicted molar refractivity (Wildman–Crippen MR) is 63.7 cm³/mol. The van der Waals surface area contributed by atoms with Gasteiger partial charge in [0.25, 0.3) is 5.92 Å². The van der Waals surface area contributed by atoms with Gasteiger partial charge in [0.2, 0.25) is 0 Å². The zero-order valence-corrected chi connectivity index (χ0v) is 10.4. The van der Waals surface area contributed by atoms with Gasteiger partial charge in [0.15, 0.2) is 0 Å². The van der Waals surface area contributed by atoms with Crippen LogP contribution in [0.3, 0.4) is 0 Å². The van der Waals surface area contributed by atoms with E-state index in [9.17, 15) is 8.78 Å². The van der Waals surface area contributed by atoms with Crippen molar-refractivity contribution < 1.29 is 8.78 Å². The Bertz CT molecular complexity index is 362. The highest BCUT2D eigenvalue weighted by Crippen LogP contribution is 2.38. The van der Waals surface area contributed by atoms with E-state index in [0.29, 0.717) is 4.47 Å². The molecule has 1 unspecified atom stereocenters. The van der Waals surface area contributed by atoms with Crippen molar-refractivity contribution in [2.24, 2.45) is 0 Å². The third kappa shape index (κ3) is 2.61. The van der Waals surface area contributed by atoms with Gasteiger partial charge in [-0.25, -0.2) is 8.78 Å². The van der Waals surface area contributed by atoms with E-state index in [2.05, 4.69) is 21.2 Å². The summed E-state index contributed by atoms with van der Waals surface area (Å²) in [7, 11) is 0. The Morgan fingerprint density at radius 2 is 2.12 bits per heavy atom. The molecule has 1 aromatic rings. The van der Waals surface area contributed by atoms with Crippen LogP contribution in [-0.2, 0) is 5.92 Å². The van der Waals surface area contributed by atoms with Gasteiger partial charge in [0, 0.05) is 22.5 Å². The molecule has 1 atom stereocenters. The average Bonchev–Trinajstić information content (AvgIpc) is 2.70. The maximum Gasteiger partial charge on any atom is 0.275 e. The number of hydrogen-bond acceptors (Lipinski definition) is 1. The van der Waals surface area contributed by atoms with Gasteiger partial charge in [0.05, 0.1) is 0 Å². The fraction of sp³-hybridized carbons (Fsp3) is 0.500. The standard InChI is InChI=1S/C12H14BrF2N/c13-11-6-2-1-5-10(11)12(14,15)8-9-4-3-7-16-9/h1-2,5-6,9,16H,3-4,7-8H2. The summed E-state index contributed by atoms with van der Waals surface area (Å²) in [4.78, 5) is 0. The van der Waals surface area contributed by atoms with Crippen molar-refractivity contribution in [3.05, 3.63) is 34.3 Å². The van der Waals surface area contributed by atoms with Gasteiger partial charge in [-0.05, 0) is 25.5 Å². The number of benzene rings is 1. The monoisotopic (exact) mass is 289 g/mol. The van der Waals surface area contributed by atoms with Gasteiger partial charge in [-0.15, -0.1) is 0 Å². The molecule has 1 aliphatic heterocycles. The van der Waals surface area contributed by atoms with Crippen LogP contribution in [0.4, 0.5) is 8.78 Å². The van der Waals surface area contributed by atoms with E-state index in [4.69, 9.17) is 0 Å². The number of nitrogens with one attached hydrogen (secondary N) is 1. The van der Waals surface area contributed by atoms with Crippen LogP contribution in [0.15, 0.2) is 28.7 Å². The first-order valence-electron chi connectivity index (χ1n) is 5.46. The molecule has 1 nitrogen and oxygen atoms in total. The van der Waals surface area contributed by atoms with E-state index in [1.807, 2.05) is 0 Å². The largest absolute Gasteiger partial charge is 0.314 e. The highest BCUT2D eigenvalue weighted by Gasteiger charge is 2.36. The molecule has 1 aliphatic rings. The highest BCUT2D eigenvalue weighted by molar-refractivity contribution is 9.10. The minimum absolute atomic E-state index is 0.0536. The van der Waals surface area contributed by atoms with Crippen LogP contribution in [0.1, 0.15) is 24.8 Å². The lowest BCUT2D eigenvalue weighted by Gasteiger charge is -2.21.